The Hall–Kier alpha value is -2.05. The number of nitrogens with one attached hydrogen (secondary N) is 1. The molecule has 0 radical (unpaired) electrons. The van der Waals surface area contributed by atoms with Gasteiger partial charge in [0.2, 0.25) is 0 Å². The molecule has 0 aliphatic rings. The van der Waals surface area contributed by atoms with Crippen molar-refractivity contribution in [3.8, 4) is 11.1 Å². The van der Waals surface area contributed by atoms with Crippen molar-refractivity contribution >= 4 is 27.4 Å². The molecule has 3 N–H and O–H groups in total. The number of nitrogens with zero attached hydrogens (tertiary/aromatic N) is 2. The molecule has 0 amide bonds. The van der Waals surface area contributed by atoms with Gasteiger partial charge in [0, 0.05) is 10.4 Å². The summed E-state index contributed by atoms with van der Waals surface area (Å²) >= 11 is 1.57. The Morgan fingerprint density at radius 3 is 2.63 bits per heavy atom. The highest BCUT2D eigenvalue weighted by molar-refractivity contribution is 7.19. The average Bonchev–Trinajstić information content (AvgIpc) is 2.75. The summed E-state index contributed by atoms with van der Waals surface area (Å²) in [4.78, 5) is 10.3. The number of nitrogen functional groups attached to an aromatic ring is 1. The largest absolute Gasteiger partial charge is 0.308 e. The highest BCUT2D eigenvalue weighted by Crippen LogP contribution is 2.39. The second-order valence-corrected chi connectivity index (χ2v) is 5.29. The van der Waals surface area contributed by atoms with Crippen LogP contribution in [0.5, 0.6) is 0 Å². The standard InChI is InChI=1S/C13H11FN4S/c1-7-10(8-2-4-9(14)5-3-8)11-12(18-15)16-6-17-13(11)19-7/h2-6H,15H2,1H3,(H,16,17,18). The van der Waals surface area contributed by atoms with Gasteiger partial charge in [-0.05, 0) is 24.6 Å². The zero-order valence-corrected chi connectivity index (χ0v) is 11.0. The van der Waals surface area contributed by atoms with Crippen LogP contribution in [-0.4, -0.2) is 9.97 Å². The number of hydrazine groups is 1. The summed E-state index contributed by atoms with van der Waals surface area (Å²) in [7, 11) is 0. The van der Waals surface area contributed by atoms with Crippen LogP contribution in [0.25, 0.3) is 21.3 Å². The van der Waals surface area contributed by atoms with Gasteiger partial charge in [-0.1, -0.05) is 12.1 Å². The van der Waals surface area contributed by atoms with Gasteiger partial charge in [0.25, 0.3) is 0 Å². The highest BCUT2D eigenvalue weighted by atomic mass is 32.1. The van der Waals surface area contributed by atoms with Crippen LogP contribution in [0.3, 0.4) is 0 Å². The van der Waals surface area contributed by atoms with Crippen LogP contribution in [0.1, 0.15) is 4.88 Å². The summed E-state index contributed by atoms with van der Waals surface area (Å²) < 4.78 is 13.0. The topological polar surface area (TPSA) is 63.8 Å². The van der Waals surface area contributed by atoms with Gasteiger partial charge in [-0.2, -0.15) is 0 Å². The number of benzene rings is 1. The first-order chi connectivity index (χ1) is 9.20. The minimum Gasteiger partial charge on any atom is -0.308 e. The Bertz CT molecular complexity index is 736. The average molecular weight is 274 g/mol. The molecule has 0 saturated heterocycles. The van der Waals surface area contributed by atoms with E-state index in [9.17, 15) is 4.39 Å². The van der Waals surface area contributed by atoms with Crippen molar-refractivity contribution < 1.29 is 4.39 Å². The third kappa shape index (κ3) is 1.94. The third-order valence-corrected chi connectivity index (χ3v) is 3.95. The molecule has 0 bridgehead atoms. The molecule has 3 aromatic rings. The van der Waals surface area contributed by atoms with Gasteiger partial charge in [0.05, 0.1) is 5.39 Å². The molecule has 0 unspecified atom stereocenters. The third-order valence-electron chi connectivity index (χ3n) is 2.93. The fraction of sp³-hybridized carbons (Fsp3) is 0.0769. The zero-order valence-electron chi connectivity index (χ0n) is 10.1. The van der Waals surface area contributed by atoms with Crippen molar-refractivity contribution in [1.29, 1.82) is 0 Å². The Kier molecular flexibility index (Phi) is 2.88. The maximum absolute atomic E-state index is 13.0. The number of nitrogens with two attached hydrogens (primary N) is 1. The number of fused-ring (bicyclic) bond motifs is 1. The van der Waals surface area contributed by atoms with Crippen LogP contribution in [0.15, 0.2) is 30.6 Å². The smallest absolute Gasteiger partial charge is 0.152 e. The van der Waals surface area contributed by atoms with E-state index in [0.29, 0.717) is 5.82 Å². The first kappa shape index (κ1) is 12.0. The van der Waals surface area contributed by atoms with Crippen molar-refractivity contribution in [3.05, 3.63) is 41.3 Å². The number of hydrogen-bond donors (Lipinski definition) is 2. The van der Waals surface area contributed by atoms with E-state index >= 15 is 0 Å². The number of anilines is 1. The lowest BCUT2D eigenvalue weighted by atomic mass is 10.0. The molecular weight excluding hydrogens is 263 g/mol. The summed E-state index contributed by atoms with van der Waals surface area (Å²) in [5.41, 5.74) is 4.51. The lowest BCUT2D eigenvalue weighted by Gasteiger charge is -2.05. The predicted molar refractivity (Wildman–Crippen MR) is 75.4 cm³/mol. The lowest BCUT2D eigenvalue weighted by Crippen LogP contribution is -2.09. The predicted octanol–water partition coefficient (Wildman–Crippen LogP) is 3.09. The quantitative estimate of drug-likeness (QED) is 0.557. The number of aryl methyl sites for hydroxylation is 1. The molecule has 2 aromatic heterocycles. The van der Waals surface area contributed by atoms with Gasteiger partial charge in [0.1, 0.15) is 17.0 Å². The number of aromatic nitrogens is 2. The minimum atomic E-state index is -0.255. The fourth-order valence-electron chi connectivity index (χ4n) is 2.12. The molecule has 0 aliphatic carbocycles. The SMILES string of the molecule is Cc1sc2ncnc(NN)c2c1-c1ccc(F)cc1. The monoisotopic (exact) mass is 274 g/mol. The van der Waals surface area contributed by atoms with E-state index in [4.69, 9.17) is 5.84 Å². The van der Waals surface area contributed by atoms with Crippen molar-refractivity contribution in [1.82, 2.24) is 9.97 Å². The first-order valence-corrected chi connectivity index (χ1v) is 6.49. The van der Waals surface area contributed by atoms with Gasteiger partial charge in [0.15, 0.2) is 5.82 Å². The molecule has 19 heavy (non-hydrogen) atoms. The zero-order chi connectivity index (χ0) is 13.4. The molecule has 0 spiro atoms. The minimum absolute atomic E-state index is 0.255. The fourth-order valence-corrected chi connectivity index (χ4v) is 3.13. The molecule has 0 fully saturated rings. The van der Waals surface area contributed by atoms with E-state index in [0.717, 1.165) is 26.2 Å². The summed E-state index contributed by atoms with van der Waals surface area (Å²) in [6.07, 6.45) is 1.47. The number of halogens is 1. The molecule has 3 rings (SSSR count). The maximum Gasteiger partial charge on any atom is 0.152 e. The molecule has 2 heterocycles. The van der Waals surface area contributed by atoms with Gasteiger partial charge >= 0.3 is 0 Å². The van der Waals surface area contributed by atoms with E-state index in [-0.39, 0.29) is 5.82 Å². The Morgan fingerprint density at radius 2 is 1.95 bits per heavy atom. The Labute approximate surface area is 113 Å². The first-order valence-electron chi connectivity index (χ1n) is 5.67. The summed E-state index contributed by atoms with van der Waals surface area (Å²) in [6.45, 7) is 2.01. The van der Waals surface area contributed by atoms with Crippen molar-refractivity contribution in [2.24, 2.45) is 5.84 Å². The Balaban J connectivity index is 2.33. The van der Waals surface area contributed by atoms with Crippen molar-refractivity contribution in [2.75, 3.05) is 5.43 Å². The maximum atomic E-state index is 13.0. The molecule has 96 valence electrons. The van der Waals surface area contributed by atoms with Gasteiger partial charge < -0.3 is 5.43 Å². The van der Waals surface area contributed by atoms with Gasteiger partial charge in [-0.25, -0.2) is 20.2 Å². The number of rotatable bonds is 2. The molecule has 6 heteroatoms. The van der Waals surface area contributed by atoms with Crippen LogP contribution in [0, 0.1) is 12.7 Å². The Morgan fingerprint density at radius 1 is 1.21 bits per heavy atom. The summed E-state index contributed by atoms with van der Waals surface area (Å²) in [5, 5.41) is 0.874. The van der Waals surface area contributed by atoms with Crippen molar-refractivity contribution in [2.45, 2.75) is 6.92 Å². The molecule has 0 atom stereocenters. The molecular formula is C13H11FN4S. The van der Waals surface area contributed by atoms with Crippen LogP contribution in [-0.2, 0) is 0 Å². The van der Waals surface area contributed by atoms with E-state index < -0.39 is 0 Å². The van der Waals surface area contributed by atoms with Crippen molar-refractivity contribution in [3.63, 3.8) is 0 Å². The second-order valence-electron chi connectivity index (χ2n) is 4.09. The lowest BCUT2D eigenvalue weighted by molar-refractivity contribution is 0.628. The van der Waals surface area contributed by atoms with E-state index in [2.05, 4.69) is 15.4 Å². The summed E-state index contributed by atoms with van der Waals surface area (Å²) in [6, 6.07) is 6.38. The number of hydrogen-bond acceptors (Lipinski definition) is 5. The number of thiophene rings is 1. The van der Waals surface area contributed by atoms with Gasteiger partial charge in [-0.3, -0.25) is 0 Å². The van der Waals surface area contributed by atoms with E-state index in [1.54, 1.807) is 23.5 Å². The molecule has 0 saturated carbocycles. The molecule has 0 aliphatic heterocycles. The van der Waals surface area contributed by atoms with Crippen LogP contribution in [0.2, 0.25) is 0 Å². The normalized spacial score (nSPS) is 10.9. The van der Waals surface area contributed by atoms with E-state index in [1.807, 2.05) is 6.92 Å². The van der Waals surface area contributed by atoms with Crippen LogP contribution in [0.4, 0.5) is 10.2 Å². The van der Waals surface area contributed by atoms with E-state index in [1.165, 1.54) is 18.5 Å². The van der Waals surface area contributed by atoms with Crippen LogP contribution >= 0.6 is 11.3 Å². The molecule has 4 nitrogen and oxygen atoms in total. The van der Waals surface area contributed by atoms with Crippen LogP contribution < -0.4 is 11.3 Å². The second kappa shape index (κ2) is 4.56. The summed E-state index contributed by atoms with van der Waals surface area (Å²) in [5.74, 6) is 5.82. The molecule has 1 aromatic carbocycles. The highest BCUT2D eigenvalue weighted by Gasteiger charge is 2.16. The van der Waals surface area contributed by atoms with Gasteiger partial charge in [-0.15, -0.1) is 11.3 Å².